The van der Waals surface area contributed by atoms with Gasteiger partial charge in [0.15, 0.2) is 20.2 Å². The highest BCUT2D eigenvalue weighted by atomic mass is 28.4. The molecule has 160 valence electrons. The van der Waals surface area contributed by atoms with Crippen LogP contribution in [0.3, 0.4) is 0 Å². The monoisotopic (exact) mass is 402 g/mol. The minimum atomic E-state index is -2.18. The molecule has 0 aromatic carbocycles. The molecule has 1 aliphatic heterocycles. The third-order valence-corrected chi connectivity index (χ3v) is 10.2. The van der Waals surface area contributed by atoms with Gasteiger partial charge in [-0.3, -0.25) is 0 Å². The Morgan fingerprint density at radius 1 is 1.11 bits per heavy atom. The molecule has 3 atom stereocenters. The van der Waals surface area contributed by atoms with Crippen LogP contribution in [-0.4, -0.2) is 45.5 Å². The Balaban J connectivity index is 2.94. The second kappa shape index (κ2) is 9.86. The summed E-state index contributed by atoms with van der Waals surface area (Å²) in [7, 11) is -0.768. The fourth-order valence-corrected chi connectivity index (χ4v) is 4.37. The Kier molecular flexibility index (Phi) is 8.98. The smallest absolute Gasteiger partial charge is 0.336 e. The van der Waals surface area contributed by atoms with Crippen LogP contribution < -0.4 is 0 Å². The molecule has 1 fully saturated rings. The fourth-order valence-electron chi connectivity index (χ4n) is 3.15. The second-order valence-electron chi connectivity index (χ2n) is 9.66. The van der Waals surface area contributed by atoms with Crippen LogP contribution in [0.15, 0.2) is 0 Å². The summed E-state index contributed by atoms with van der Waals surface area (Å²) in [4.78, 5) is 12.6. The molecule has 1 heterocycles. The van der Waals surface area contributed by atoms with Crippen LogP contribution in [0.25, 0.3) is 0 Å². The molecule has 27 heavy (non-hydrogen) atoms. The predicted molar refractivity (Wildman–Crippen MR) is 111 cm³/mol. The number of unbranched alkanes of at least 4 members (excludes halogenated alkanes) is 4. The first-order valence-corrected chi connectivity index (χ1v) is 13.4. The average Bonchev–Trinajstić information content (AvgIpc) is 2.85. The van der Waals surface area contributed by atoms with E-state index in [1.54, 1.807) is 0 Å². The Labute approximate surface area is 167 Å². The first-order chi connectivity index (χ1) is 12.3. The minimum absolute atomic E-state index is 0.0100. The number of carbonyl (C=O) groups excluding carboxylic acids is 1. The number of rotatable bonds is 10. The van der Waals surface area contributed by atoms with Gasteiger partial charge in [-0.25, -0.2) is 4.79 Å². The molecule has 0 aromatic rings. The van der Waals surface area contributed by atoms with Crippen molar-refractivity contribution in [3.05, 3.63) is 0 Å². The van der Waals surface area contributed by atoms with E-state index in [4.69, 9.17) is 18.6 Å². The molecular formula is C21H42O5Si. The second-order valence-corrected chi connectivity index (χ2v) is 14.4. The molecule has 1 saturated heterocycles. The molecule has 0 spiro atoms. The molecule has 6 heteroatoms. The Hall–Kier alpha value is -0.433. The maximum Gasteiger partial charge on any atom is 0.336 e. The highest BCUT2D eigenvalue weighted by Gasteiger charge is 2.51. The summed E-state index contributed by atoms with van der Waals surface area (Å²) in [5.74, 6) is -1.09. The van der Waals surface area contributed by atoms with E-state index in [9.17, 15) is 4.79 Å². The third-order valence-electron chi connectivity index (χ3n) is 5.77. The lowest BCUT2D eigenvalue weighted by Crippen LogP contribution is -2.52. The van der Waals surface area contributed by atoms with Gasteiger partial charge in [0.25, 0.3) is 0 Å². The first-order valence-electron chi connectivity index (χ1n) is 10.5. The molecule has 0 radical (unpaired) electrons. The maximum atomic E-state index is 12.6. The number of hydrogen-bond donors (Lipinski definition) is 0. The van der Waals surface area contributed by atoms with Crippen molar-refractivity contribution in [3.8, 4) is 0 Å². The molecule has 0 N–H and O–H groups in total. The molecule has 0 saturated carbocycles. The number of hydrogen-bond acceptors (Lipinski definition) is 5. The van der Waals surface area contributed by atoms with Crippen LogP contribution in [0, 0.1) is 0 Å². The van der Waals surface area contributed by atoms with Gasteiger partial charge in [-0.05, 0) is 38.4 Å². The van der Waals surface area contributed by atoms with Crippen molar-refractivity contribution < 1.29 is 23.4 Å². The van der Waals surface area contributed by atoms with Gasteiger partial charge in [0.05, 0.1) is 13.2 Å². The van der Waals surface area contributed by atoms with E-state index in [-0.39, 0.29) is 17.1 Å². The number of esters is 1. The van der Waals surface area contributed by atoms with Gasteiger partial charge in [-0.2, -0.15) is 0 Å². The number of carbonyl (C=O) groups is 1. The highest BCUT2D eigenvalue weighted by Crippen LogP contribution is 2.40. The van der Waals surface area contributed by atoms with Gasteiger partial charge in [0.2, 0.25) is 0 Å². The molecule has 0 aromatic heterocycles. The summed E-state index contributed by atoms with van der Waals surface area (Å²) >= 11 is 0. The van der Waals surface area contributed by atoms with Gasteiger partial charge in [-0.1, -0.05) is 59.8 Å². The Morgan fingerprint density at radius 3 is 2.22 bits per heavy atom. The normalized spacial score (nSPS) is 24.0. The van der Waals surface area contributed by atoms with Crippen LogP contribution in [0.1, 0.15) is 80.1 Å². The summed E-state index contributed by atoms with van der Waals surface area (Å²) in [5.41, 5.74) is 0. The van der Waals surface area contributed by atoms with Gasteiger partial charge in [0, 0.05) is 0 Å². The van der Waals surface area contributed by atoms with E-state index in [2.05, 4.69) is 40.8 Å². The van der Waals surface area contributed by atoms with Crippen LogP contribution >= 0.6 is 0 Å². The molecule has 0 bridgehead atoms. The predicted octanol–water partition coefficient (Wildman–Crippen LogP) is 5.43. The van der Waals surface area contributed by atoms with E-state index in [1.807, 2.05) is 13.8 Å². The van der Waals surface area contributed by atoms with Crippen molar-refractivity contribution in [2.24, 2.45) is 0 Å². The summed E-state index contributed by atoms with van der Waals surface area (Å²) < 4.78 is 23.9. The lowest BCUT2D eigenvalue weighted by molar-refractivity contribution is -0.169. The van der Waals surface area contributed by atoms with E-state index < -0.39 is 26.3 Å². The summed E-state index contributed by atoms with van der Waals surface area (Å²) in [6, 6.07) is 0. The number of methoxy groups -OCH3 is 1. The van der Waals surface area contributed by atoms with Gasteiger partial charge >= 0.3 is 5.97 Å². The minimum Gasteiger partial charge on any atom is -0.467 e. The van der Waals surface area contributed by atoms with Gasteiger partial charge in [-0.15, -0.1) is 0 Å². The zero-order chi connectivity index (χ0) is 20.9. The van der Waals surface area contributed by atoms with Crippen molar-refractivity contribution in [1.29, 1.82) is 0 Å². The van der Waals surface area contributed by atoms with Crippen molar-refractivity contribution >= 4 is 14.3 Å². The van der Waals surface area contributed by atoms with Crippen molar-refractivity contribution in [3.63, 3.8) is 0 Å². The Bertz CT molecular complexity index is 470. The van der Waals surface area contributed by atoms with Crippen LogP contribution in [0.4, 0.5) is 0 Å². The largest absolute Gasteiger partial charge is 0.467 e. The summed E-state index contributed by atoms with van der Waals surface area (Å²) in [5, 5.41) is -0.0100. The van der Waals surface area contributed by atoms with Crippen LogP contribution in [0.5, 0.6) is 0 Å². The van der Waals surface area contributed by atoms with E-state index in [0.29, 0.717) is 0 Å². The molecule has 0 aliphatic carbocycles. The molecule has 1 rings (SSSR count). The SMILES string of the molecule is CCCCCCC[C@H]1OC(C)(C)O[C@@H]1[C@@H](O[Si](C)(C)C(C)(C)C)C(=O)OC. The molecule has 0 unspecified atom stereocenters. The van der Waals surface area contributed by atoms with Crippen molar-refractivity contribution in [1.82, 2.24) is 0 Å². The number of ether oxygens (including phenoxy) is 3. The van der Waals surface area contributed by atoms with Crippen molar-refractivity contribution in [2.75, 3.05) is 7.11 Å². The maximum absolute atomic E-state index is 12.6. The molecule has 1 aliphatic rings. The van der Waals surface area contributed by atoms with Gasteiger partial charge < -0.3 is 18.6 Å². The standard InChI is InChI=1S/C21H42O5Si/c1-10-11-12-13-14-15-16-17(25-21(5,6)24-16)18(19(22)23-7)26-27(8,9)20(2,3)4/h16-18H,10-15H2,1-9H3/t16-,17+,18-/m1/s1. The third kappa shape index (κ3) is 7.15. The fraction of sp³-hybridized carbons (Fsp3) is 0.952. The summed E-state index contributed by atoms with van der Waals surface area (Å²) in [6.45, 7) is 16.8. The van der Waals surface area contributed by atoms with Gasteiger partial charge in [0.1, 0.15) is 6.10 Å². The molecule has 0 amide bonds. The topological polar surface area (TPSA) is 54.0 Å². The highest BCUT2D eigenvalue weighted by molar-refractivity contribution is 6.74. The molecule has 5 nitrogen and oxygen atoms in total. The zero-order valence-electron chi connectivity index (χ0n) is 19.0. The van der Waals surface area contributed by atoms with E-state index in [0.717, 1.165) is 12.8 Å². The average molecular weight is 403 g/mol. The van der Waals surface area contributed by atoms with E-state index in [1.165, 1.54) is 32.8 Å². The Morgan fingerprint density at radius 2 is 1.70 bits per heavy atom. The lowest BCUT2D eigenvalue weighted by Gasteiger charge is -2.40. The first kappa shape index (κ1) is 24.6. The zero-order valence-corrected chi connectivity index (χ0v) is 20.0. The van der Waals surface area contributed by atoms with E-state index >= 15 is 0 Å². The quantitative estimate of drug-likeness (QED) is 0.277. The molecular weight excluding hydrogens is 360 g/mol. The lowest BCUT2D eigenvalue weighted by atomic mass is 10.0. The van der Waals surface area contributed by atoms with Crippen LogP contribution in [0.2, 0.25) is 18.1 Å². The van der Waals surface area contributed by atoms with Crippen molar-refractivity contribution in [2.45, 2.75) is 122 Å². The summed E-state index contributed by atoms with van der Waals surface area (Å²) in [6.07, 6.45) is 5.48. The van der Waals surface area contributed by atoms with Crippen LogP contribution in [-0.2, 0) is 23.4 Å².